The van der Waals surface area contributed by atoms with Gasteiger partial charge in [0.2, 0.25) is 0 Å². The molecule has 4 aromatic rings. The highest BCUT2D eigenvalue weighted by Gasteiger charge is 2.35. The summed E-state index contributed by atoms with van der Waals surface area (Å²) in [5.41, 5.74) is 3.29. The number of aryl methyl sites for hydroxylation is 1. The van der Waals surface area contributed by atoms with Crippen molar-refractivity contribution in [2.45, 2.75) is 6.92 Å². The average molecular weight is 481 g/mol. The van der Waals surface area contributed by atoms with Gasteiger partial charge in [0.05, 0.1) is 21.8 Å². The molecule has 1 fully saturated rings. The molecule has 172 valence electrons. The molecule has 0 radical (unpaired) electrons. The highest BCUT2D eigenvalue weighted by atomic mass is 32.2. The molecule has 0 bridgehead atoms. The molecule has 1 saturated heterocycles. The number of amidine groups is 1. The van der Waals surface area contributed by atoms with Crippen LogP contribution in [-0.4, -0.2) is 22.2 Å². The number of carbonyl (C=O) groups excluding carboxylic acids is 1. The Kier molecular flexibility index (Phi) is 6.08. The molecule has 3 aromatic carbocycles. The van der Waals surface area contributed by atoms with Crippen molar-refractivity contribution in [1.29, 1.82) is 0 Å². The zero-order valence-corrected chi connectivity index (χ0v) is 19.5. The van der Waals surface area contributed by atoms with E-state index in [1.54, 1.807) is 35.2 Å². The third-order valence-corrected chi connectivity index (χ3v) is 6.41. The first-order chi connectivity index (χ1) is 17.0. The average Bonchev–Trinajstić information content (AvgIpc) is 3.44. The number of carbonyl (C=O) groups is 2. The molecule has 6 nitrogen and oxygen atoms in total. The van der Waals surface area contributed by atoms with Crippen LogP contribution < -0.4 is 4.90 Å². The van der Waals surface area contributed by atoms with Crippen molar-refractivity contribution in [2.75, 3.05) is 4.90 Å². The molecule has 5 rings (SSSR count). The van der Waals surface area contributed by atoms with Gasteiger partial charge in [-0.2, -0.15) is 0 Å². The maximum Gasteiger partial charge on any atom is 0.335 e. The van der Waals surface area contributed by atoms with Crippen LogP contribution in [0, 0.1) is 6.92 Å². The van der Waals surface area contributed by atoms with E-state index in [-0.39, 0.29) is 11.5 Å². The molecule has 1 N–H and O–H groups in total. The van der Waals surface area contributed by atoms with E-state index in [0.29, 0.717) is 21.6 Å². The molecule has 35 heavy (non-hydrogen) atoms. The number of aromatic carboxylic acids is 1. The van der Waals surface area contributed by atoms with Crippen LogP contribution in [0.25, 0.3) is 17.4 Å². The summed E-state index contributed by atoms with van der Waals surface area (Å²) in [5, 5.41) is 9.76. The van der Waals surface area contributed by atoms with Crippen LogP contribution in [-0.2, 0) is 4.79 Å². The second-order valence-electron chi connectivity index (χ2n) is 7.85. The van der Waals surface area contributed by atoms with E-state index >= 15 is 0 Å². The van der Waals surface area contributed by atoms with Gasteiger partial charge in [0.1, 0.15) is 11.5 Å². The van der Waals surface area contributed by atoms with Gasteiger partial charge in [-0.15, -0.1) is 0 Å². The van der Waals surface area contributed by atoms with Crippen LogP contribution in [0.15, 0.2) is 105 Å². The van der Waals surface area contributed by atoms with E-state index in [0.717, 1.165) is 22.5 Å². The fraction of sp³-hybridized carbons (Fsp3) is 0.0357. The summed E-state index contributed by atoms with van der Waals surface area (Å²) in [6, 6.07) is 27.4. The van der Waals surface area contributed by atoms with Gasteiger partial charge in [-0.1, -0.05) is 42.5 Å². The number of hydrogen-bond donors (Lipinski definition) is 1. The first-order valence-corrected chi connectivity index (χ1v) is 11.7. The number of para-hydroxylation sites is 2. The predicted octanol–water partition coefficient (Wildman–Crippen LogP) is 6.76. The fourth-order valence-corrected chi connectivity index (χ4v) is 4.73. The lowest BCUT2D eigenvalue weighted by Crippen LogP contribution is -2.28. The van der Waals surface area contributed by atoms with Gasteiger partial charge in [-0.05, 0) is 72.8 Å². The van der Waals surface area contributed by atoms with Crippen LogP contribution in [0.3, 0.4) is 0 Å². The Morgan fingerprint density at radius 2 is 1.69 bits per heavy atom. The Hall–Kier alpha value is -4.36. The molecule has 0 unspecified atom stereocenters. The quantitative estimate of drug-likeness (QED) is 0.319. The number of benzene rings is 3. The lowest BCUT2D eigenvalue weighted by Gasteiger charge is -2.15. The van der Waals surface area contributed by atoms with E-state index in [9.17, 15) is 14.7 Å². The third-order valence-electron chi connectivity index (χ3n) is 5.44. The summed E-state index contributed by atoms with van der Waals surface area (Å²) in [6.45, 7) is 1.84. The van der Waals surface area contributed by atoms with Crippen molar-refractivity contribution in [2.24, 2.45) is 4.99 Å². The molecule has 1 aromatic heterocycles. The maximum atomic E-state index is 13.4. The normalized spacial score (nSPS) is 15.8. The smallest absolute Gasteiger partial charge is 0.335 e. The monoisotopic (exact) mass is 480 g/mol. The molecule has 0 spiro atoms. The summed E-state index contributed by atoms with van der Waals surface area (Å²) in [6.07, 6.45) is 1.71. The van der Waals surface area contributed by atoms with Gasteiger partial charge in [-0.25, -0.2) is 9.79 Å². The molecular formula is C28H20N2O4S. The molecule has 1 amide bonds. The Balaban J connectivity index is 1.49. The number of furan rings is 1. The Morgan fingerprint density at radius 1 is 0.971 bits per heavy atom. The second kappa shape index (κ2) is 9.48. The lowest BCUT2D eigenvalue weighted by atomic mass is 10.0. The summed E-state index contributed by atoms with van der Waals surface area (Å²) in [5.74, 6) is -0.0422. The largest absolute Gasteiger partial charge is 0.478 e. The zero-order chi connectivity index (χ0) is 24.4. The molecule has 0 atom stereocenters. The van der Waals surface area contributed by atoms with E-state index in [1.807, 2.05) is 73.7 Å². The zero-order valence-electron chi connectivity index (χ0n) is 18.7. The molecule has 1 aliphatic heterocycles. The molecule has 0 aliphatic carbocycles. The van der Waals surface area contributed by atoms with Gasteiger partial charge in [0.15, 0.2) is 5.17 Å². The predicted molar refractivity (Wildman–Crippen MR) is 139 cm³/mol. The van der Waals surface area contributed by atoms with Crippen LogP contribution >= 0.6 is 11.8 Å². The fourth-order valence-electron chi connectivity index (χ4n) is 3.74. The molecule has 1 aliphatic rings. The van der Waals surface area contributed by atoms with Gasteiger partial charge < -0.3 is 9.52 Å². The van der Waals surface area contributed by atoms with Crippen LogP contribution in [0.4, 0.5) is 11.4 Å². The highest BCUT2D eigenvalue weighted by Crippen LogP contribution is 2.38. The van der Waals surface area contributed by atoms with Gasteiger partial charge in [-0.3, -0.25) is 9.69 Å². The molecule has 7 heteroatoms. The Morgan fingerprint density at radius 3 is 2.37 bits per heavy atom. The van der Waals surface area contributed by atoms with E-state index in [2.05, 4.69) is 0 Å². The molecule has 0 saturated carbocycles. The second-order valence-corrected chi connectivity index (χ2v) is 8.86. The molecule has 2 heterocycles. The van der Waals surface area contributed by atoms with Crippen LogP contribution in [0.1, 0.15) is 21.7 Å². The number of nitrogens with zero attached hydrogens (tertiary/aromatic N) is 2. The number of rotatable bonds is 5. The Labute approximate surface area is 206 Å². The number of carboxylic acids is 1. The number of anilines is 1. The summed E-state index contributed by atoms with van der Waals surface area (Å²) >= 11 is 1.29. The summed E-state index contributed by atoms with van der Waals surface area (Å²) in [7, 11) is 0. The highest BCUT2D eigenvalue weighted by molar-refractivity contribution is 8.19. The minimum Gasteiger partial charge on any atom is -0.478 e. The Bertz CT molecular complexity index is 1470. The summed E-state index contributed by atoms with van der Waals surface area (Å²) < 4.78 is 6.01. The van der Waals surface area contributed by atoms with Crippen LogP contribution in [0.2, 0.25) is 0 Å². The van der Waals surface area contributed by atoms with Crippen molar-refractivity contribution >= 4 is 46.3 Å². The standard InChI is InChI=1S/C28H20N2O4S/c1-18-16-19(27(32)33)12-14-23(18)24-15-13-22(34-24)17-25-26(31)30(21-10-6-3-7-11-21)28(35-25)29-20-8-4-2-5-9-20/h2-17H,1H3,(H,32,33)/b25-17-,29-28?. The van der Waals surface area contributed by atoms with Gasteiger partial charge in [0, 0.05) is 11.6 Å². The number of carboxylic acid groups (broad SMARTS) is 1. The van der Waals surface area contributed by atoms with Crippen molar-refractivity contribution in [1.82, 2.24) is 0 Å². The van der Waals surface area contributed by atoms with Gasteiger partial charge in [0.25, 0.3) is 5.91 Å². The van der Waals surface area contributed by atoms with Crippen LogP contribution in [0.5, 0.6) is 0 Å². The van der Waals surface area contributed by atoms with E-state index < -0.39 is 5.97 Å². The van der Waals surface area contributed by atoms with Crippen molar-refractivity contribution in [3.63, 3.8) is 0 Å². The number of amides is 1. The van der Waals surface area contributed by atoms with Crippen molar-refractivity contribution in [3.05, 3.63) is 113 Å². The maximum absolute atomic E-state index is 13.4. The van der Waals surface area contributed by atoms with E-state index in [4.69, 9.17) is 9.41 Å². The summed E-state index contributed by atoms with van der Waals surface area (Å²) in [4.78, 5) is 31.4. The lowest BCUT2D eigenvalue weighted by molar-refractivity contribution is -0.113. The number of hydrogen-bond acceptors (Lipinski definition) is 5. The van der Waals surface area contributed by atoms with E-state index in [1.165, 1.54) is 11.8 Å². The first-order valence-electron chi connectivity index (χ1n) is 10.9. The number of thioether (sulfide) groups is 1. The topological polar surface area (TPSA) is 83.1 Å². The van der Waals surface area contributed by atoms with Gasteiger partial charge >= 0.3 is 5.97 Å². The minimum absolute atomic E-state index is 0.184. The third kappa shape index (κ3) is 4.67. The van der Waals surface area contributed by atoms with Crippen molar-refractivity contribution < 1.29 is 19.1 Å². The first kappa shape index (κ1) is 22.4. The minimum atomic E-state index is -0.975. The van der Waals surface area contributed by atoms with Crippen molar-refractivity contribution in [3.8, 4) is 11.3 Å². The number of aliphatic imine (C=N–C) groups is 1. The SMILES string of the molecule is Cc1cc(C(=O)O)ccc1-c1ccc(/C=C2\SC(=Nc3ccccc3)N(c3ccccc3)C2=O)o1. The molecular weight excluding hydrogens is 460 g/mol.